The van der Waals surface area contributed by atoms with Crippen LogP contribution in [-0.4, -0.2) is 23.9 Å². The summed E-state index contributed by atoms with van der Waals surface area (Å²) in [5.74, 6) is -0.344. The lowest BCUT2D eigenvalue weighted by atomic mass is 9.82. The van der Waals surface area contributed by atoms with Gasteiger partial charge in [-0.05, 0) is 52.4 Å². The predicted molar refractivity (Wildman–Crippen MR) is 78.1 cm³/mol. The maximum atomic E-state index is 12.8. The van der Waals surface area contributed by atoms with E-state index >= 15 is 0 Å². The third-order valence-corrected chi connectivity index (χ3v) is 4.62. The van der Waals surface area contributed by atoms with Crippen molar-refractivity contribution in [3.05, 3.63) is 33.8 Å². The number of likely N-dealkylation sites (tertiary alicyclic amines) is 1. The Morgan fingerprint density at radius 1 is 1.24 bits per heavy atom. The quantitative estimate of drug-likeness (QED) is 0.706. The molecule has 0 spiro atoms. The third kappa shape index (κ3) is 3.78. The highest BCUT2D eigenvalue weighted by atomic mass is 79.9. The van der Waals surface area contributed by atoms with Crippen molar-refractivity contribution >= 4 is 21.8 Å². The van der Waals surface area contributed by atoms with E-state index in [1.807, 2.05) is 0 Å². The molecule has 1 saturated heterocycles. The molecule has 0 atom stereocenters. The first kappa shape index (κ1) is 16.3. The molecule has 1 aliphatic heterocycles. The van der Waals surface area contributed by atoms with Gasteiger partial charge in [0.1, 0.15) is 0 Å². The zero-order chi connectivity index (χ0) is 15.8. The van der Waals surface area contributed by atoms with Gasteiger partial charge in [-0.1, -0.05) is 13.8 Å². The molecule has 1 aliphatic rings. The van der Waals surface area contributed by atoms with E-state index in [0.29, 0.717) is 17.6 Å². The van der Waals surface area contributed by atoms with Gasteiger partial charge in [0.05, 0.1) is 11.1 Å². The van der Waals surface area contributed by atoms with Crippen LogP contribution in [0.1, 0.15) is 42.6 Å². The van der Waals surface area contributed by atoms with Gasteiger partial charge in [0.2, 0.25) is 0 Å². The van der Waals surface area contributed by atoms with Crippen LogP contribution in [0.15, 0.2) is 22.7 Å². The highest BCUT2D eigenvalue weighted by Gasteiger charge is 2.33. The second-order valence-electron chi connectivity index (χ2n) is 6.15. The minimum atomic E-state index is -4.44. The summed E-state index contributed by atoms with van der Waals surface area (Å²) in [5, 5.41) is 0. The minimum absolute atomic E-state index is 0.0736. The molecule has 0 bridgehead atoms. The van der Waals surface area contributed by atoms with Crippen LogP contribution < -0.4 is 0 Å². The lowest BCUT2D eigenvalue weighted by Gasteiger charge is -2.37. The fraction of sp³-hybridized carbons (Fsp3) is 0.533. The van der Waals surface area contributed by atoms with Gasteiger partial charge in [-0.3, -0.25) is 4.79 Å². The molecule has 1 aromatic carbocycles. The maximum absolute atomic E-state index is 12.8. The van der Waals surface area contributed by atoms with Crippen LogP contribution in [0.25, 0.3) is 0 Å². The summed E-state index contributed by atoms with van der Waals surface area (Å²) in [6.07, 6.45) is -2.73. The molecule has 21 heavy (non-hydrogen) atoms. The second kappa shape index (κ2) is 5.63. The lowest BCUT2D eigenvalue weighted by molar-refractivity contribution is -0.137. The number of amides is 1. The van der Waals surface area contributed by atoms with Crippen molar-refractivity contribution in [2.24, 2.45) is 5.41 Å². The first-order chi connectivity index (χ1) is 9.60. The zero-order valence-electron chi connectivity index (χ0n) is 11.9. The molecule has 0 unspecified atom stereocenters. The first-order valence-electron chi connectivity index (χ1n) is 6.76. The first-order valence-corrected chi connectivity index (χ1v) is 7.55. The number of alkyl halides is 3. The second-order valence-corrected chi connectivity index (χ2v) is 7.00. The number of benzene rings is 1. The third-order valence-electron chi connectivity index (χ3n) is 3.93. The van der Waals surface area contributed by atoms with Crippen LogP contribution in [0.4, 0.5) is 13.2 Å². The molecule has 0 saturated carbocycles. The molecule has 1 heterocycles. The Hall–Kier alpha value is -1.04. The normalized spacial score (nSPS) is 18.7. The summed E-state index contributed by atoms with van der Waals surface area (Å²) in [6, 6.07) is 3.18. The summed E-state index contributed by atoms with van der Waals surface area (Å²) < 4.78 is 38.7. The molecule has 2 nitrogen and oxygen atoms in total. The number of carbonyl (C=O) groups is 1. The lowest BCUT2D eigenvalue weighted by Crippen LogP contribution is -2.41. The molecule has 1 aromatic rings. The number of rotatable bonds is 1. The maximum Gasteiger partial charge on any atom is 0.416 e. The highest BCUT2D eigenvalue weighted by Crippen LogP contribution is 2.34. The Morgan fingerprint density at radius 2 is 1.81 bits per heavy atom. The van der Waals surface area contributed by atoms with Crippen molar-refractivity contribution in [2.75, 3.05) is 13.1 Å². The number of carbonyl (C=O) groups excluding carboxylic acids is 1. The number of piperidine rings is 1. The van der Waals surface area contributed by atoms with Crippen LogP contribution in [-0.2, 0) is 6.18 Å². The van der Waals surface area contributed by atoms with Crippen LogP contribution in [0.3, 0.4) is 0 Å². The summed E-state index contributed by atoms with van der Waals surface area (Å²) in [5.41, 5.74) is -0.544. The smallest absolute Gasteiger partial charge is 0.339 e. The van der Waals surface area contributed by atoms with Crippen LogP contribution >= 0.6 is 15.9 Å². The Labute approximate surface area is 130 Å². The van der Waals surface area contributed by atoms with Gasteiger partial charge in [-0.15, -0.1) is 0 Å². The Morgan fingerprint density at radius 3 is 2.33 bits per heavy atom. The van der Waals surface area contributed by atoms with Gasteiger partial charge >= 0.3 is 6.18 Å². The fourth-order valence-corrected chi connectivity index (χ4v) is 2.77. The number of nitrogens with zero attached hydrogens (tertiary/aromatic N) is 1. The van der Waals surface area contributed by atoms with Crippen molar-refractivity contribution in [1.82, 2.24) is 4.90 Å². The standard InChI is InChI=1S/C15H17BrF3NO/c1-14(2)5-7-20(8-6-14)13(21)11-9-10(15(17,18)19)3-4-12(11)16/h3-4,9H,5-8H2,1-2H3. The SMILES string of the molecule is CC1(C)CCN(C(=O)c2cc(C(F)(F)F)ccc2Br)CC1. The topological polar surface area (TPSA) is 20.3 Å². The zero-order valence-corrected chi connectivity index (χ0v) is 13.5. The van der Waals surface area contributed by atoms with Crippen molar-refractivity contribution in [2.45, 2.75) is 32.9 Å². The summed E-state index contributed by atoms with van der Waals surface area (Å²) in [7, 11) is 0. The van der Waals surface area contributed by atoms with Crippen LogP contribution in [0, 0.1) is 5.41 Å². The molecule has 116 valence electrons. The van der Waals surface area contributed by atoms with Crippen molar-refractivity contribution in [3.63, 3.8) is 0 Å². The molecule has 0 aromatic heterocycles. The highest BCUT2D eigenvalue weighted by molar-refractivity contribution is 9.10. The van der Waals surface area contributed by atoms with Gasteiger partial charge in [-0.2, -0.15) is 13.2 Å². The van der Waals surface area contributed by atoms with E-state index in [4.69, 9.17) is 0 Å². The molecule has 0 aliphatic carbocycles. The van der Waals surface area contributed by atoms with Gasteiger partial charge < -0.3 is 4.90 Å². The monoisotopic (exact) mass is 363 g/mol. The molecular formula is C15H17BrF3NO. The van der Waals surface area contributed by atoms with Gasteiger partial charge in [0.25, 0.3) is 5.91 Å². The molecule has 0 N–H and O–H groups in total. The number of hydrogen-bond donors (Lipinski definition) is 0. The van der Waals surface area contributed by atoms with Crippen molar-refractivity contribution in [3.8, 4) is 0 Å². The fourth-order valence-electron chi connectivity index (χ4n) is 2.35. The Balaban J connectivity index is 2.23. The van der Waals surface area contributed by atoms with E-state index in [2.05, 4.69) is 29.8 Å². The Kier molecular flexibility index (Phi) is 4.38. The summed E-state index contributed by atoms with van der Waals surface area (Å²) in [6.45, 7) is 5.42. The number of halogens is 4. The molecule has 1 fully saturated rings. The molecule has 0 radical (unpaired) electrons. The van der Waals surface area contributed by atoms with Gasteiger partial charge in [0.15, 0.2) is 0 Å². The minimum Gasteiger partial charge on any atom is -0.339 e. The summed E-state index contributed by atoms with van der Waals surface area (Å²) in [4.78, 5) is 14.1. The number of hydrogen-bond acceptors (Lipinski definition) is 1. The Bertz CT molecular complexity index is 544. The molecule has 2 rings (SSSR count). The van der Waals surface area contributed by atoms with Crippen molar-refractivity contribution < 1.29 is 18.0 Å². The van der Waals surface area contributed by atoms with Crippen LogP contribution in [0.5, 0.6) is 0 Å². The average molecular weight is 364 g/mol. The van der Waals surface area contributed by atoms with E-state index in [-0.39, 0.29) is 16.9 Å². The van der Waals surface area contributed by atoms with E-state index in [1.165, 1.54) is 6.07 Å². The summed E-state index contributed by atoms with van der Waals surface area (Å²) >= 11 is 3.17. The van der Waals surface area contributed by atoms with Crippen LogP contribution in [0.2, 0.25) is 0 Å². The molecule has 6 heteroatoms. The van der Waals surface area contributed by atoms with E-state index < -0.39 is 11.7 Å². The van der Waals surface area contributed by atoms with Gasteiger partial charge in [-0.25, -0.2) is 0 Å². The van der Waals surface area contributed by atoms with E-state index in [0.717, 1.165) is 25.0 Å². The predicted octanol–water partition coefficient (Wildman–Crippen LogP) is 4.73. The molecular weight excluding hydrogens is 347 g/mol. The molecule has 1 amide bonds. The average Bonchev–Trinajstić information content (AvgIpc) is 2.37. The largest absolute Gasteiger partial charge is 0.416 e. The van der Waals surface area contributed by atoms with Gasteiger partial charge in [0, 0.05) is 17.6 Å². The van der Waals surface area contributed by atoms with E-state index in [1.54, 1.807) is 4.90 Å². The van der Waals surface area contributed by atoms with Crippen molar-refractivity contribution in [1.29, 1.82) is 0 Å². The van der Waals surface area contributed by atoms with E-state index in [9.17, 15) is 18.0 Å².